The lowest BCUT2D eigenvalue weighted by molar-refractivity contribution is -0.0555. The van der Waals surface area contributed by atoms with E-state index in [1.54, 1.807) is 12.1 Å². The van der Waals surface area contributed by atoms with E-state index in [1.165, 1.54) is 6.07 Å². The molecule has 1 saturated heterocycles. The first-order valence-corrected chi connectivity index (χ1v) is 5.86. The Balaban J connectivity index is 2.20. The van der Waals surface area contributed by atoms with Gasteiger partial charge < -0.3 is 10.5 Å². The maximum Gasteiger partial charge on any atom is 0.129 e. The van der Waals surface area contributed by atoms with Crippen LogP contribution in [0.1, 0.15) is 19.4 Å². The van der Waals surface area contributed by atoms with Crippen LogP contribution in [0, 0.1) is 5.82 Å². The van der Waals surface area contributed by atoms with Crippen LogP contribution < -0.4 is 5.73 Å². The van der Waals surface area contributed by atoms with Crippen LogP contribution in [0.15, 0.2) is 18.2 Å². The third-order valence-corrected chi connectivity index (χ3v) is 3.32. The smallest absolute Gasteiger partial charge is 0.129 e. The Morgan fingerprint density at radius 2 is 2.24 bits per heavy atom. The lowest BCUT2D eigenvalue weighted by Crippen LogP contribution is -2.52. The second kappa shape index (κ2) is 4.63. The van der Waals surface area contributed by atoms with E-state index in [-0.39, 0.29) is 11.4 Å². The first-order valence-electron chi connectivity index (χ1n) is 5.86. The molecule has 2 rings (SSSR count). The molecule has 0 spiro atoms. The molecule has 1 fully saturated rings. The Bertz CT molecular complexity index is 386. The van der Waals surface area contributed by atoms with Crippen molar-refractivity contribution in [2.45, 2.75) is 25.9 Å². The lowest BCUT2D eigenvalue weighted by Gasteiger charge is -2.42. The maximum atomic E-state index is 13.7. The zero-order valence-corrected chi connectivity index (χ0v) is 10.4. The van der Waals surface area contributed by atoms with Gasteiger partial charge >= 0.3 is 0 Å². The predicted octanol–water partition coefficient (Wildman–Crippen LogP) is 2.02. The fraction of sp³-hybridized carbons (Fsp3) is 0.538. The quantitative estimate of drug-likeness (QED) is 0.801. The van der Waals surface area contributed by atoms with Crippen LogP contribution in [-0.2, 0) is 11.3 Å². The summed E-state index contributed by atoms with van der Waals surface area (Å²) < 4.78 is 19.2. The normalized spacial score (nSPS) is 20.4. The molecule has 1 aliphatic heterocycles. The fourth-order valence-electron chi connectivity index (χ4n) is 2.12. The average molecular weight is 238 g/mol. The molecule has 94 valence electrons. The average Bonchev–Trinajstić information content (AvgIpc) is 2.25. The molecule has 4 heteroatoms. The molecule has 0 atom stereocenters. The minimum Gasteiger partial charge on any atom is -0.398 e. The molecule has 1 heterocycles. The first-order chi connectivity index (χ1) is 8.00. The number of hydrogen-bond acceptors (Lipinski definition) is 3. The van der Waals surface area contributed by atoms with E-state index in [0.717, 1.165) is 6.54 Å². The van der Waals surface area contributed by atoms with Crippen LogP contribution in [0.3, 0.4) is 0 Å². The highest BCUT2D eigenvalue weighted by molar-refractivity contribution is 5.47. The van der Waals surface area contributed by atoms with E-state index >= 15 is 0 Å². The van der Waals surface area contributed by atoms with Crippen molar-refractivity contribution in [2.75, 3.05) is 25.5 Å². The molecule has 0 unspecified atom stereocenters. The summed E-state index contributed by atoms with van der Waals surface area (Å²) in [5.74, 6) is -0.229. The Morgan fingerprint density at radius 1 is 1.47 bits per heavy atom. The zero-order valence-electron chi connectivity index (χ0n) is 10.4. The van der Waals surface area contributed by atoms with Crippen molar-refractivity contribution in [3.63, 3.8) is 0 Å². The van der Waals surface area contributed by atoms with Gasteiger partial charge in [0.1, 0.15) is 5.82 Å². The third kappa shape index (κ3) is 2.58. The Kier molecular flexibility index (Phi) is 3.35. The summed E-state index contributed by atoms with van der Waals surface area (Å²) in [5.41, 5.74) is 6.86. The molecule has 0 amide bonds. The molecule has 3 nitrogen and oxygen atoms in total. The molecule has 1 aromatic rings. The van der Waals surface area contributed by atoms with Gasteiger partial charge in [-0.3, -0.25) is 4.90 Å². The van der Waals surface area contributed by atoms with Crippen LogP contribution in [0.5, 0.6) is 0 Å². The summed E-state index contributed by atoms with van der Waals surface area (Å²) in [4.78, 5) is 2.21. The summed E-state index contributed by atoms with van der Waals surface area (Å²) in [7, 11) is 0. The van der Waals surface area contributed by atoms with Gasteiger partial charge in [0.15, 0.2) is 0 Å². The molecule has 17 heavy (non-hydrogen) atoms. The van der Waals surface area contributed by atoms with Crippen LogP contribution in [0.25, 0.3) is 0 Å². The SMILES string of the molecule is CC1(C)COCCN1Cc1c(N)cccc1F. The van der Waals surface area contributed by atoms with Gasteiger partial charge in [-0.25, -0.2) is 4.39 Å². The number of morpholine rings is 1. The summed E-state index contributed by atoms with van der Waals surface area (Å²) in [6.07, 6.45) is 0. The number of ether oxygens (including phenoxy) is 1. The second-order valence-corrected chi connectivity index (χ2v) is 5.09. The van der Waals surface area contributed by atoms with Gasteiger partial charge in [0.05, 0.1) is 13.2 Å². The molecule has 1 aromatic carbocycles. The molecule has 2 N–H and O–H groups in total. The fourth-order valence-corrected chi connectivity index (χ4v) is 2.12. The minimum atomic E-state index is -0.229. The number of nitrogens with zero attached hydrogens (tertiary/aromatic N) is 1. The molecule has 1 aliphatic rings. The van der Waals surface area contributed by atoms with Crippen molar-refractivity contribution in [2.24, 2.45) is 0 Å². The first kappa shape index (κ1) is 12.3. The Morgan fingerprint density at radius 3 is 2.88 bits per heavy atom. The van der Waals surface area contributed by atoms with Gasteiger partial charge in [0.2, 0.25) is 0 Å². The van der Waals surface area contributed by atoms with E-state index in [4.69, 9.17) is 10.5 Å². The number of halogens is 1. The van der Waals surface area contributed by atoms with Gasteiger partial charge in [0, 0.05) is 29.9 Å². The number of benzene rings is 1. The molecule has 0 bridgehead atoms. The van der Waals surface area contributed by atoms with Gasteiger partial charge in [-0.05, 0) is 26.0 Å². The van der Waals surface area contributed by atoms with E-state index in [1.807, 2.05) is 0 Å². The van der Waals surface area contributed by atoms with Crippen molar-refractivity contribution >= 4 is 5.69 Å². The van der Waals surface area contributed by atoms with Crippen LogP contribution >= 0.6 is 0 Å². The standard InChI is InChI=1S/C13H19FN2O/c1-13(2)9-17-7-6-16(13)8-10-11(14)4-3-5-12(10)15/h3-5H,6-9,15H2,1-2H3. The highest BCUT2D eigenvalue weighted by Gasteiger charge is 2.31. The lowest BCUT2D eigenvalue weighted by atomic mass is 10.0. The van der Waals surface area contributed by atoms with Crippen LogP contribution in [0.2, 0.25) is 0 Å². The highest BCUT2D eigenvalue weighted by Crippen LogP contribution is 2.25. The molecule has 0 aromatic heterocycles. The van der Waals surface area contributed by atoms with Crippen LogP contribution in [0.4, 0.5) is 10.1 Å². The van der Waals surface area contributed by atoms with Gasteiger partial charge in [-0.1, -0.05) is 6.07 Å². The van der Waals surface area contributed by atoms with Gasteiger partial charge in [0.25, 0.3) is 0 Å². The van der Waals surface area contributed by atoms with Crippen molar-refractivity contribution in [3.05, 3.63) is 29.6 Å². The molecular formula is C13H19FN2O. The van der Waals surface area contributed by atoms with Crippen LogP contribution in [-0.4, -0.2) is 30.2 Å². The summed E-state index contributed by atoms with van der Waals surface area (Å²) in [6, 6.07) is 4.84. The van der Waals surface area contributed by atoms with Crippen molar-refractivity contribution in [1.29, 1.82) is 0 Å². The van der Waals surface area contributed by atoms with E-state index in [9.17, 15) is 4.39 Å². The topological polar surface area (TPSA) is 38.5 Å². The van der Waals surface area contributed by atoms with E-state index < -0.39 is 0 Å². The minimum absolute atomic E-state index is 0.0764. The largest absolute Gasteiger partial charge is 0.398 e. The Hall–Kier alpha value is -1.13. The number of rotatable bonds is 2. The zero-order chi connectivity index (χ0) is 12.5. The van der Waals surface area contributed by atoms with Gasteiger partial charge in [-0.2, -0.15) is 0 Å². The second-order valence-electron chi connectivity index (χ2n) is 5.09. The van der Waals surface area contributed by atoms with Crippen molar-refractivity contribution < 1.29 is 9.13 Å². The van der Waals surface area contributed by atoms with Crippen molar-refractivity contribution in [3.8, 4) is 0 Å². The molecular weight excluding hydrogens is 219 g/mol. The summed E-state index contributed by atoms with van der Waals surface area (Å²) in [5, 5.41) is 0. The third-order valence-electron chi connectivity index (χ3n) is 3.32. The number of nitrogen functional groups attached to an aromatic ring is 1. The van der Waals surface area contributed by atoms with E-state index in [0.29, 0.717) is 31.0 Å². The molecule has 0 saturated carbocycles. The number of hydrogen-bond donors (Lipinski definition) is 1. The van der Waals surface area contributed by atoms with Crippen molar-refractivity contribution in [1.82, 2.24) is 4.90 Å². The Labute approximate surface area is 101 Å². The number of nitrogens with two attached hydrogens (primary N) is 1. The molecule has 0 aliphatic carbocycles. The highest BCUT2D eigenvalue weighted by atomic mass is 19.1. The van der Waals surface area contributed by atoms with Gasteiger partial charge in [-0.15, -0.1) is 0 Å². The monoisotopic (exact) mass is 238 g/mol. The molecule has 0 radical (unpaired) electrons. The number of anilines is 1. The summed E-state index contributed by atoms with van der Waals surface area (Å²) >= 11 is 0. The maximum absolute atomic E-state index is 13.7. The summed E-state index contributed by atoms with van der Waals surface area (Å²) in [6.45, 7) is 6.90. The predicted molar refractivity (Wildman–Crippen MR) is 66.1 cm³/mol. The van der Waals surface area contributed by atoms with E-state index in [2.05, 4.69) is 18.7 Å².